The van der Waals surface area contributed by atoms with E-state index in [1.54, 1.807) is 10.9 Å². The second kappa shape index (κ2) is 24.8. The van der Waals surface area contributed by atoms with Crippen molar-refractivity contribution >= 4 is 36.6 Å². The Hall–Kier alpha value is -5.29. The molecule has 1 aromatic heterocycles. The van der Waals surface area contributed by atoms with E-state index in [2.05, 4.69) is 20.6 Å². The van der Waals surface area contributed by atoms with Crippen molar-refractivity contribution in [2.75, 3.05) is 26.4 Å². The largest absolute Gasteiger partial charge is 0.490 e. The van der Waals surface area contributed by atoms with Gasteiger partial charge < -0.3 is 29.7 Å². The monoisotopic (exact) mass is 719 g/mol. The SMILES string of the molecule is O=C=NCc1cccc(CNC(=O)OCCCCCCOc2cccn(OCCCCCCOC(=O)NCc3cccc(CN=C=O)c3)c2=S)c1. The number of pyridine rings is 1. The molecule has 2 aromatic carbocycles. The number of amides is 2. The van der Waals surface area contributed by atoms with E-state index >= 15 is 0 Å². The molecule has 272 valence electrons. The summed E-state index contributed by atoms with van der Waals surface area (Å²) >= 11 is 5.53. The fourth-order valence-corrected chi connectivity index (χ4v) is 5.07. The zero-order chi connectivity index (χ0) is 36.4. The summed E-state index contributed by atoms with van der Waals surface area (Å²) in [6.45, 7) is 2.82. The van der Waals surface area contributed by atoms with Crippen molar-refractivity contribution in [2.45, 2.75) is 77.5 Å². The Balaban J connectivity index is 1.17. The minimum Gasteiger partial charge on any atom is -0.490 e. The normalized spacial score (nSPS) is 10.3. The lowest BCUT2D eigenvalue weighted by atomic mass is 10.1. The molecule has 2 amide bonds. The van der Waals surface area contributed by atoms with Gasteiger partial charge in [-0.25, -0.2) is 29.2 Å². The van der Waals surface area contributed by atoms with Gasteiger partial charge >= 0.3 is 12.2 Å². The molecule has 0 spiro atoms. The molecule has 2 N–H and O–H groups in total. The highest BCUT2D eigenvalue weighted by Crippen LogP contribution is 2.14. The lowest BCUT2D eigenvalue weighted by Crippen LogP contribution is -2.24. The van der Waals surface area contributed by atoms with E-state index in [1.807, 2.05) is 60.7 Å². The smallest absolute Gasteiger partial charge is 0.407 e. The van der Waals surface area contributed by atoms with Gasteiger partial charge in [0.05, 0.1) is 32.9 Å². The molecule has 1 heterocycles. The molecule has 0 saturated carbocycles. The predicted octanol–water partition coefficient (Wildman–Crippen LogP) is 6.67. The quantitative estimate of drug-likeness (QED) is 0.0446. The molecule has 0 bridgehead atoms. The first-order valence-electron chi connectivity index (χ1n) is 17.0. The van der Waals surface area contributed by atoms with Crippen molar-refractivity contribution in [3.8, 4) is 5.75 Å². The zero-order valence-corrected chi connectivity index (χ0v) is 29.5. The second-order valence-corrected chi connectivity index (χ2v) is 11.8. The lowest BCUT2D eigenvalue weighted by molar-refractivity contribution is 0.0987. The number of aromatic nitrogens is 1. The van der Waals surface area contributed by atoms with E-state index in [9.17, 15) is 19.2 Å². The van der Waals surface area contributed by atoms with Gasteiger partial charge in [0.1, 0.15) is 6.61 Å². The van der Waals surface area contributed by atoms with E-state index in [1.165, 1.54) is 12.2 Å². The summed E-state index contributed by atoms with van der Waals surface area (Å²) < 4.78 is 18.4. The Morgan fingerprint density at radius 1 is 0.647 bits per heavy atom. The van der Waals surface area contributed by atoms with Crippen LogP contribution in [0.5, 0.6) is 5.75 Å². The van der Waals surface area contributed by atoms with Crippen LogP contribution in [0.1, 0.15) is 73.6 Å². The summed E-state index contributed by atoms with van der Waals surface area (Å²) in [5, 5.41) is 5.45. The minimum atomic E-state index is -0.474. The van der Waals surface area contributed by atoms with Crippen LogP contribution in [-0.4, -0.2) is 55.5 Å². The number of hydrogen-bond acceptors (Lipinski definition) is 11. The van der Waals surface area contributed by atoms with Crippen molar-refractivity contribution in [3.05, 3.63) is 93.8 Å². The van der Waals surface area contributed by atoms with Crippen molar-refractivity contribution in [2.24, 2.45) is 9.98 Å². The van der Waals surface area contributed by atoms with Gasteiger partial charge in [0.25, 0.3) is 0 Å². The van der Waals surface area contributed by atoms with Crippen LogP contribution in [0.25, 0.3) is 0 Å². The number of hydrogen-bond donors (Lipinski definition) is 2. The molecular weight excluding hydrogens is 675 g/mol. The number of benzene rings is 2. The van der Waals surface area contributed by atoms with E-state index in [4.69, 9.17) is 31.3 Å². The minimum absolute atomic E-state index is 0.258. The van der Waals surface area contributed by atoms with Gasteiger partial charge in [-0.15, -0.1) is 0 Å². The van der Waals surface area contributed by atoms with Crippen LogP contribution in [0.15, 0.2) is 76.8 Å². The van der Waals surface area contributed by atoms with Crippen molar-refractivity contribution in [1.82, 2.24) is 15.4 Å². The average molecular weight is 720 g/mol. The lowest BCUT2D eigenvalue weighted by Gasteiger charge is -2.12. The van der Waals surface area contributed by atoms with Crippen molar-refractivity contribution in [1.29, 1.82) is 0 Å². The molecule has 3 rings (SSSR count). The van der Waals surface area contributed by atoms with E-state index in [-0.39, 0.29) is 13.1 Å². The summed E-state index contributed by atoms with van der Waals surface area (Å²) in [7, 11) is 0. The van der Waals surface area contributed by atoms with Crippen LogP contribution < -0.4 is 20.2 Å². The third-order valence-electron chi connectivity index (χ3n) is 7.42. The van der Waals surface area contributed by atoms with Crippen LogP contribution >= 0.6 is 12.2 Å². The molecule has 0 aliphatic carbocycles. The number of isocyanates is 2. The molecule has 0 saturated heterocycles. The summed E-state index contributed by atoms with van der Waals surface area (Å²) in [6, 6.07) is 18.5. The number of unbranched alkanes of at least 4 members (excludes halogenated alkanes) is 6. The summed E-state index contributed by atoms with van der Waals surface area (Å²) in [5.41, 5.74) is 3.52. The molecular formula is C37H45N5O8S. The van der Waals surface area contributed by atoms with Gasteiger partial charge in [-0.05, 0) is 85.8 Å². The predicted molar refractivity (Wildman–Crippen MR) is 192 cm³/mol. The van der Waals surface area contributed by atoms with Gasteiger partial charge in [-0.2, -0.15) is 4.73 Å². The van der Waals surface area contributed by atoms with Crippen LogP contribution in [-0.2, 0) is 45.2 Å². The molecule has 0 aliphatic heterocycles. The molecule has 0 radical (unpaired) electrons. The van der Waals surface area contributed by atoms with Crippen LogP contribution in [0.4, 0.5) is 9.59 Å². The Morgan fingerprint density at radius 3 is 1.67 bits per heavy atom. The number of nitrogens with zero attached hydrogens (tertiary/aromatic N) is 3. The van der Waals surface area contributed by atoms with Crippen molar-refractivity contribution < 1.29 is 38.2 Å². The number of nitrogens with one attached hydrogen (secondary N) is 2. The number of alkyl carbamates (subject to hydrolysis) is 2. The number of ether oxygens (including phenoxy) is 3. The highest BCUT2D eigenvalue weighted by atomic mass is 32.1. The zero-order valence-electron chi connectivity index (χ0n) is 28.7. The number of carbonyl (C=O) groups excluding carboxylic acids is 4. The molecule has 3 aromatic rings. The van der Waals surface area contributed by atoms with Gasteiger partial charge in [-0.1, -0.05) is 60.7 Å². The molecule has 0 aliphatic rings. The topological polar surface area (TPSA) is 159 Å². The third-order valence-corrected chi connectivity index (χ3v) is 7.80. The highest BCUT2D eigenvalue weighted by Gasteiger charge is 2.06. The number of rotatable bonds is 24. The van der Waals surface area contributed by atoms with E-state index in [0.29, 0.717) is 49.9 Å². The Morgan fingerprint density at radius 2 is 1.14 bits per heavy atom. The molecule has 14 heteroatoms. The van der Waals surface area contributed by atoms with Crippen LogP contribution in [0.3, 0.4) is 0 Å². The first kappa shape index (κ1) is 40.1. The molecule has 13 nitrogen and oxygen atoms in total. The maximum absolute atomic E-state index is 12.0. The van der Waals surface area contributed by atoms with Gasteiger partial charge in [-0.3, -0.25) is 0 Å². The average Bonchev–Trinajstić information content (AvgIpc) is 3.15. The fourth-order valence-electron chi connectivity index (χ4n) is 4.83. The Kier molecular flexibility index (Phi) is 19.5. The molecule has 0 fully saturated rings. The van der Waals surface area contributed by atoms with Gasteiger partial charge in [0, 0.05) is 19.3 Å². The molecule has 0 atom stereocenters. The van der Waals surface area contributed by atoms with Crippen molar-refractivity contribution in [3.63, 3.8) is 0 Å². The van der Waals surface area contributed by atoms with E-state index < -0.39 is 12.2 Å². The van der Waals surface area contributed by atoms with Gasteiger partial charge in [0.2, 0.25) is 12.2 Å². The Labute approximate surface area is 303 Å². The molecule has 0 unspecified atom stereocenters. The summed E-state index contributed by atoms with van der Waals surface area (Å²) in [4.78, 5) is 57.5. The first-order chi connectivity index (χ1) is 25.0. The second-order valence-electron chi connectivity index (χ2n) is 11.4. The Bertz CT molecular complexity index is 1550. The number of carbonyl (C=O) groups is 2. The highest BCUT2D eigenvalue weighted by molar-refractivity contribution is 7.71. The summed E-state index contributed by atoms with van der Waals surface area (Å²) in [6.07, 6.45) is 10.6. The third kappa shape index (κ3) is 17.3. The summed E-state index contributed by atoms with van der Waals surface area (Å²) in [5.74, 6) is 0.588. The maximum atomic E-state index is 12.0. The fraction of sp³-hybridized carbons (Fsp3) is 0.432. The first-order valence-corrected chi connectivity index (χ1v) is 17.4. The number of aliphatic imine (C=N–C) groups is 2. The molecule has 51 heavy (non-hydrogen) atoms. The van der Waals surface area contributed by atoms with Crippen LogP contribution in [0, 0.1) is 4.64 Å². The van der Waals surface area contributed by atoms with Crippen LogP contribution in [0.2, 0.25) is 0 Å². The van der Waals surface area contributed by atoms with E-state index in [0.717, 1.165) is 73.6 Å². The maximum Gasteiger partial charge on any atom is 0.407 e. The standard InChI is InChI=1S/C37H45N5O8S/c43-28-38-24-30-12-9-14-32(22-30)26-40-36(45)48-19-6-2-1-5-18-47-34-16-11-17-42(35(34)51)50-21-8-4-3-7-20-49-37(46)41-27-33-15-10-13-31(23-33)25-39-29-44/h9-17,22-23H,1-8,18-21,24-27H2,(H,40,45)(H,41,46). The van der Waals surface area contributed by atoms with Gasteiger partial charge in [0.15, 0.2) is 10.4 Å².